The van der Waals surface area contributed by atoms with Gasteiger partial charge in [0.25, 0.3) is 0 Å². The van der Waals surface area contributed by atoms with Crippen molar-refractivity contribution in [2.45, 2.75) is 32.7 Å². The Morgan fingerprint density at radius 2 is 1.87 bits per heavy atom. The number of hydrogen-bond donors (Lipinski definition) is 1. The monoisotopic (exact) mass is 411 g/mol. The summed E-state index contributed by atoms with van der Waals surface area (Å²) in [5, 5.41) is 14.0. The first-order valence-corrected chi connectivity index (χ1v) is 10.2. The van der Waals surface area contributed by atoms with E-state index >= 15 is 0 Å². The maximum Gasteiger partial charge on any atom is 0.233 e. The third kappa shape index (κ3) is 3.56. The smallest absolute Gasteiger partial charge is 0.233 e. The highest BCUT2D eigenvalue weighted by atomic mass is 16.2. The summed E-state index contributed by atoms with van der Waals surface area (Å²) >= 11 is 0. The van der Waals surface area contributed by atoms with Gasteiger partial charge in [-0.05, 0) is 22.3 Å². The van der Waals surface area contributed by atoms with E-state index in [1.54, 1.807) is 11.1 Å². The highest BCUT2D eigenvalue weighted by Gasteiger charge is 2.30. The molecule has 0 unspecified atom stereocenters. The summed E-state index contributed by atoms with van der Waals surface area (Å²) in [5.41, 5.74) is 4.91. The van der Waals surface area contributed by atoms with Crippen LogP contribution in [0.3, 0.4) is 0 Å². The first-order valence-electron chi connectivity index (χ1n) is 10.2. The van der Waals surface area contributed by atoms with Crippen LogP contribution in [0.25, 0.3) is 22.8 Å². The highest BCUT2D eigenvalue weighted by Crippen LogP contribution is 2.32. The maximum absolute atomic E-state index is 12.7. The van der Waals surface area contributed by atoms with Crippen LogP contribution in [0, 0.1) is 0 Å². The zero-order chi connectivity index (χ0) is 21.4. The molecular formula is C23H21N7O. The highest BCUT2D eigenvalue weighted by molar-refractivity contribution is 6.00. The molecule has 1 N–H and O–H groups in total. The third-order valence-corrected chi connectivity index (χ3v) is 5.46. The van der Waals surface area contributed by atoms with E-state index in [0.29, 0.717) is 36.4 Å². The van der Waals surface area contributed by atoms with Crippen molar-refractivity contribution >= 4 is 11.7 Å². The van der Waals surface area contributed by atoms with Gasteiger partial charge in [-0.2, -0.15) is 5.21 Å². The molecule has 0 radical (unpaired) electrons. The molecule has 0 atom stereocenters. The van der Waals surface area contributed by atoms with Crippen LogP contribution >= 0.6 is 0 Å². The van der Waals surface area contributed by atoms with Crippen molar-refractivity contribution in [3.05, 3.63) is 71.4 Å². The fourth-order valence-corrected chi connectivity index (χ4v) is 3.86. The van der Waals surface area contributed by atoms with Gasteiger partial charge in [-0.15, -0.1) is 10.2 Å². The van der Waals surface area contributed by atoms with Crippen LogP contribution in [0.5, 0.6) is 0 Å². The van der Waals surface area contributed by atoms with Crippen molar-refractivity contribution < 1.29 is 4.79 Å². The zero-order valence-corrected chi connectivity index (χ0v) is 17.3. The van der Waals surface area contributed by atoms with Crippen LogP contribution in [-0.4, -0.2) is 36.5 Å². The van der Waals surface area contributed by atoms with Gasteiger partial charge in [0.1, 0.15) is 5.82 Å². The van der Waals surface area contributed by atoms with Gasteiger partial charge >= 0.3 is 0 Å². The van der Waals surface area contributed by atoms with E-state index < -0.39 is 0 Å². The fourth-order valence-electron chi connectivity index (χ4n) is 3.86. The minimum Gasteiger partial charge on any atom is -0.292 e. The molecule has 5 rings (SSSR count). The lowest BCUT2D eigenvalue weighted by molar-refractivity contribution is -0.117. The molecule has 154 valence electrons. The number of carbonyl (C=O) groups excluding carboxylic acids is 1. The molecule has 1 aliphatic heterocycles. The van der Waals surface area contributed by atoms with Crippen LogP contribution in [0.1, 0.15) is 36.5 Å². The van der Waals surface area contributed by atoms with Crippen molar-refractivity contribution in [1.82, 2.24) is 30.6 Å². The van der Waals surface area contributed by atoms with Crippen LogP contribution in [0.15, 0.2) is 54.7 Å². The molecule has 1 aliphatic rings. The normalized spacial score (nSPS) is 13.1. The number of hydrogen-bond acceptors (Lipinski definition) is 6. The van der Waals surface area contributed by atoms with Crippen LogP contribution in [0.4, 0.5) is 5.82 Å². The molecular weight excluding hydrogens is 390 g/mol. The number of anilines is 1. The molecule has 0 aliphatic carbocycles. The number of tetrazole rings is 1. The molecule has 8 heteroatoms. The second kappa shape index (κ2) is 7.71. The molecule has 0 saturated carbocycles. The molecule has 0 fully saturated rings. The number of aromatic nitrogens is 6. The van der Waals surface area contributed by atoms with E-state index in [2.05, 4.69) is 45.5 Å². The average Bonchev–Trinajstić information content (AvgIpc) is 3.43. The Bertz CT molecular complexity index is 1230. The lowest BCUT2D eigenvalue weighted by Gasteiger charge is -2.18. The van der Waals surface area contributed by atoms with Gasteiger partial charge < -0.3 is 0 Å². The Balaban J connectivity index is 1.45. The third-order valence-electron chi connectivity index (χ3n) is 5.46. The number of carbonyl (C=O) groups is 1. The number of amides is 1. The van der Waals surface area contributed by atoms with E-state index in [1.165, 1.54) is 5.56 Å². The van der Waals surface area contributed by atoms with Gasteiger partial charge in [-0.3, -0.25) is 9.69 Å². The van der Waals surface area contributed by atoms with E-state index in [4.69, 9.17) is 4.98 Å². The SMILES string of the molecule is CC(C)c1ccccc1-c1ncc2c(n1)N(Cc1ccc(-c3nn[nH]n3)cc1)C(=O)C2. The number of nitrogens with zero attached hydrogens (tertiary/aromatic N) is 6. The number of H-pyrrole nitrogens is 1. The predicted octanol–water partition coefficient (Wildman–Crippen LogP) is 3.54. The first-order chi connectivity index (χ1) is 15.1. The molecule has 31 heavy (non-hydrogen) atoms. The Hall–Kier alpha value is -3.94. The van der Waals surface area contributed by atoms with Crippen LogP contribution < -0.4 is 4.90 Å². The van der Waals surface area contributed by atoms with Gasteiger partial charge in [-0.25, -0.2) is 9.97 Å². The van der Waals surface area contributed by atoms with Crippen molar-refractivity contribution in [3.63, 3.8) is 0 Å². The van der Waals surface area contributed by atoms with Crippen LogP contribution in [-0.2, 0) is 17.8 Å². The Morgan fingerprint density at radius 1 is 1.06 bits per heavy atom. The quantitative estimate of drug-likeness (QED) is 0.539. The summed E-state index contributed by atoms with van der Waals surface area (Å²) in [4.78, 5) is 23.9. The second-order valence-corrected chi connectivity index (χ2v) is 7.87. The fraction of sp³-hybridized carbons (Fsp3) is 0.217. The molecule has 8 nitrogen and oxygen atoms in total. The summed E-state index contributed by atoms with van der Waals surface area (Å²) in [6.45, 7) is 4.75. The van der Waals surface area contributed by atoms with Gasteiger partial charge in [0, 0.05) is 22.9 Å². The van der Waals surface area contributed by atoms with E-state index in [9.17, 15) is 4.79 Å². The van der Waals surface area contributed by atoms with Crippen molar-refractivity contribution in [1.29, 1.82) is 0 Å². The molecule has 3 heterocycles. The number of aromatic amines is 1. The minimum absolute atomic E-state index is 0.0286. The molecule has 1 amide bonds. The Morgan fingerprint density at radius 3 is 2.61 bits per heavy atom. The van der Waals surface area contributed by atoms with E-state index in [1.807, 2.05) is 42.5 Å². The Kier molecular flexibility index (Phi) is 4.74. The topological polar surface area (TPSA) is 101 Å². The molecule has 0 saturated heterocycles. The number of benzene rings is 2. The van der Waals surface area contributed by atoms with Gasteiger partial charge in [0.15, 0.2) is 5.82 Å². The molecule has 2 aromatic heterocycles. The number of fused-ring (bicyclic) bond motifs is 1. The predicted molar refractivity (Wildman–Crippen MR) is 116 cm³/mol. The summed E-state index contributed by atoms with van der Waals surface area (Å²) < 4.78 is 0. The number of nitrogens with one attached hydrogen (secondary N) is 1. The van der Waals surface area contributed by atoms with Crippen molar-refractivity contribution in [3.8, 4) is 22.8 Å². The summed E-state index contributed by atoms with van der Waals surface area (Å²) in [6.07, 6.45) is 2.11. The minimum atomic E-state index is 0.0286. The average molecular weight is 411 g/mol. The summed E-state index contributed by atoms with van der Waals surface area (Å²) in [6, 6.07) is 15.9. The molecule has 0 spiro atoms. The van der Waals surface area contributed by atoms with E-state index in [-0.39, 0.29) is 5.91 Å². The molecule has 0 bridgehead atoms. The van der Waals surface area contributed by atoms with Gasteiger partial charge in [0.05, 0.1) is 13.0 Å². The van der Waals surface area contributed by atoms with E-state index in [0.717, 1.165) is 22.3 Å². The van der Waals surface area contributed by atoms with Gasteiger partial charge in [-0.1, -0.05) is 62.4 Å². The van der Waals surface area contributed by atoms with Crippen molar-refractivity contribution in [2.75, 3.05) is 4.90 Å². The zero-order valence-electron chi connectivity index (χ0n) is 17.3. The molecule has 4 aromatic rings. The van der Waals surface area contributed by atoms with Gasteiger partial charge in [0.2, 0.25) is 11.7 Å². The summed E-state index contributed by atoms with van der Waals surface area (Å²) in [7, 11) is 0. The Labute approximate surface area is 179 Å². The number of rotatable bonds is 5. The largest absolute Gasteiger partial charge is 0.292 e. The summed E-state index contributed by atoms with van der Waals surface area (Å²) in [5.74, 6) is 2.26. The standard InChI is InChI=1S/C23H21N7O/c1-14(2)18-5-3-4-6-19(18)22-24-12-17-11-20(31)30(23(17)25-22)13-15-7-9-16(10-8-15)21-26-28-29-27-21/h3-10,12,14H,11,13H2,1-2H3,(H,26,27,28,29). The maximum atomic E-state index is 12.7. The lowest BCUT2D eigenvalue weighted by atomic mass is 9.97. The second-order valence-electron chi connectivity index (χ2n) is 7.87. The van der Waals surface area contributed by atoms with Crippen molar-refractivity contribution in [2.24, 2.45) is 0 Å². The lowest BCUT2D eigenvalue weighted by Crippen LogP contribution is -2.26. The molecule has 2 aromatic carbocycles. The van der Waals surface area contributed by atoms with Crippen LogP contribution in [0.2, 0.25) is 0 Å². The first kappa shape index (κ1) is 19.0.